The van der Waals surface area contributed by atoms with Gasteiger partial charge in [0.2, 0.25) is 11.8 Å². The molecule has 2 rings (SSSR count). The lowest BCUT2D eigenvalue weighted by atomic mass is 10.4. The number of hydrogen-bond donors (Lipinski definition) is 2. The van der Waals surface area contributed by atoms with Crippen molar-refractivity contribution >= 4 is 28.3 Å². The van der Waals surface area contributed by atoms with Gasteiger partial charge >= 0.3 is 0 Å². The van der Waals surface area contributed by atoms with Crippen molar-refractivity contribution in [1.82, 2.24) is 15.6 Å². The Morgan fingerprint density at radius 3 is 2.83 bits per heavy atom. The Morgan fingerprint density at radius 2 is 2.17 bits per heavy atom. The summed E-state index contributed by atoms with van der Waals surface area (Å²) in [5.74, 6) is -0.542. The van der Waals surface area contributed by atoms with Crippen LogP contribution in [0, 0.1) is 0 Å². The number of aromatic nitrogens is 1. The molecule has 1 aromatic heterocycles. The molecular weight excluding hydrogens is 252 g/mol. The predicted molar refractivity (Wildman–Crippen MR) is 69.5 cm³/mol. The van der Waals surface area contributed by atoms with Gasteiger partial charge in [0.15, 0.2) is 5.13 Å². The molecular formula is C11H16N4O2S. The Labute approximate surface area is 109 Å². The first-order chi connectivity index (χ1) is 8.69. The molecule has 1 aromatic rings. The number of thiazole rings is 1. The number of piperazine rings is 1. The Hall–Kier alpha value is -1.47. The quantitative estimate of drug-likeness (QED) is 0.585. The smallest absolute Gasteiger partial charge is 0.246 e. The maximum atomic E-state index is 11.3. The molecule has 0 unspecified atom stereocenters. The molecule has 0 aromatic carbocycles. The van der Waals surface area contributed by atoms with Crippen molar-refractivity contribution < 1.29 is 9.59 Å². The highest BCUT2D eigenvalue weighted by Crippen LogP contribution is 2.22. The summed E-state index contributed by atoms with van der Waals surface area (Å²) in [7, 11) is 0. The van der Waals surface area contributed by atoms with E-state index in [2.05, 4.69) is 22.5 Å². The predicted octanol–water partition coefficient (Wildman–Crippen LogP) is 0.105. The van der Waals surface area contributed by atoms with Gasteiger partial charge in [-0.1, -0.05) is 6.92 Å². The standard InChI is InChI=1S/C11H16N4O2S/c1-2-3-12-4-8-5-13-11(18-8)15-6-9(16)14-10(17)7-15/h5,12H,2-4,6-7H2,1H3,(H,14,16,17). The van der Waals surface area contributed by atoms with Crippen LogP contribution in [0.4, 0.5) is 5.13 Å². The molecule has 98 valence electrons. The summed E-state index contributed by atoms with van der Waals surface area (Å²) in [6.45, 7) is 4.25. The molecule has 0 radical (unpaired) electrons. The lowest BCUT2D eigenvalue weighted by molar-refractivity contribution is -0.130. The maximum absolute atomic E-state index is 11.3. The van der Waals surface area contributed by atoms with Crippen molar-refractivity contribution in [3.8, 4) is 0 Å². The van der Waals surface area contributed by atoms with Gasteiger partial charge in [-0.2, -0.15) is 0 Å². The van der Waals surface area contributed by atoms with Crippen molar-refractivity contribution in [3.05, 3.63) is 11.1 Å². The van der Waals surface area contributed by atoms with E-state index in [1.165, 1.54) is 11.3 Å². The van der Waals surface area contributed by atoms with E-state index in [1.807, 2.05) is 0 Å². The summed E-state index contributed by atoms with van der Waals surface area (Å²) >= 11 is 1.51. The zero-order valence-corrected chi connectivity index (χ0v) is 11.0. The fourth-order valence-electron chi connectivity index (χ4n) is 1.69. The second-order valence-corrected chi connectivity index (χ2v) is 5.21. The van der Waals surface area contributed by atoms with Crippen LogP contribution in [0.25, 0.3) is 0 Å². The van der Waals surface area contributed by atoms with Gasteiger partial charge < -0.3 is 10.2 Å². The zero-order chi connectivity index (χ0) is 13.0. The lowest BCUT2D eigenvalue weighted by Gasteiger charge is -2.24. The average Bonchev–Trinajstić information content (AvgIpc) is 2.77. The van der Waals surface area contributed by atoms with Crippen LogP contribution in [-0.2, 0) is 16.1 Å². The summed E-state index contributed by atoms with van der Waals surface area (Å²) in [6.07, 6.45) is 2.88. The molecule has 0 saturated carbocycles. The monoisotopic (exact) mass is 268 g/mol. The van der Waals surface area contributed by atoms with Gasteiger partial charge in [-0.05, 0) is 13.0 Å². The number of carbonyl (C=O) groups excluding carboxylic acids is 2. The number of carbonyl (C=O) groups is 2. The van der Waals surface area contributed by atoms with Gasteiger partial charge in [0, 0.05) is 17.6 Å². The zero-order valence-electron chi connectivity index (χ0n) is 10.2. The molecule has 2 amide bonds. The molecule has 1 aliphatic rings. The van der Waals surface area contributed by atoms with Crippen LogP contribution in [0.15, 0.2) is 6.20 Å². The normalized spacial score (nSPS) is 15.9. The van der Waals surface area contributed by atoms with Crippen molar-refractivity contribution in [3.63, 3.8) is 0 Å². The highest BCUT2D eigenvalue weighted by Gasteiger charge is 2.24. The number of nitrogens with one attached hydrogen (secondary N) is 2. The van der Waals surface area contributed by atoms with E-state index >= 15 is 0 Å². The van der Waals surface area contributed by atoms with Crippen molar-refractivity contribution in [2.24, 2.45) is 0 Å². The minimum absolute atomic E-state index is 0.196. The molecule has 7 heteroatoms. The van der Waals surface area contributed by atoms with E-state index in [0.29, 0.717) is 0 Å². The van der Waals surface area contributed by atoms with E-state index in [9.17, 15) is 9.59 Å². The van der Waals surface area contributed by atoms with Crippen molar-refractivity contribution in [1.29, 1.82) is 0 Å². The van der Waals surface area contributed by atoms with Crippen LogP contribution in [0.3, 0.4) is 0 Å². The van der Waals surface area contributed by atoms with Crippen molar-refractivity contribution in [2.75, 3.05) is 24.5 Å². The Balaban J connectivity index is 1.96. The summed E-state index contributed by atoms with van der Waals surface area (Å²) in [6, 6.07) is 0. The number of rotatable bonds is 5. The molecule has 0 bridgehead atoms. The largest absolute Gasteiger partial charge is 0.329 e. The number of hydrogen-bond acceptors (Lipinski definition) is 6. The first-order valence-electron chi connectivity index (χ1n) is 5.92. The van der Waals surface area contributed by atoms with Crippen molar-refractivity contribution in [2.45, 2.75) is 19.9 Å². The highest BCUT2D eigenvalue weighted by molar-refractivity contribution is 7.15. The number of anilines is 1. The minimum atomic E-state index is -0.271. The summed E-state index contributed by atoms with van der Waals surface area (Å²) in [4.78, 5) is 29.6. The minimum Gasteiger partial charge on any atom is -0.329 e. The van der Waals surface area contributed by atoms with E-state index in [1.54, 1.807) is 11.1 Å². The molecule has 1 saturated heterocycles. The van der Waals surface area contributed by atoms with Gasteiger partial charge in [-0.25, -0.2) is 4.98 Å². The fourth-order valence-corrected chi connectivity index (χ4v) is 2.56. The van der Waals surface area contributed by atoms with E-state index in [4.69, 9.17) is 0 Å². The second-order valence-electron chi connectivity index (χ2n) is 4.11. The first kappa shape index (κ1) is 13.0. The van der Waals surface area contributed by atoms with Crippen LogP contribution in [-0.4, -0.2) is 36.4 Å². The van der Waals surface area contributed by atoms with Crippen LogP contribution in [0.2, 0.25) is 0 Å². The first-order valence-corrected chi connectivity index (χ1v) is 6.73. The molecule has 0 spiro atoms. The number of nitrogens with zero attached hydrogens (tertiary/aromatic N) is 2. The van der Waals surface area contributed by atoms with Crippen LogP contribution < -0.4 is 15.5 Å². The lowest BCUT2D eigenvalue weighted by Crippen LogP contribution is -2.51. The summed E-state index contributed by atoms with van der Waals surface area (Å²) < 4.78 is 0. The molecule has 6 nitrogen and oxygen atoms in total. The Morgan fingerprint density at radius 1 is 1.44 bits per heavy atom. The van der Waals surface area contributed by atoms with E-state index in [-0.39, 0.29) is 24.9 Å². The van der Waals surface area contributed by atoms with E-state index < -0.39 is 0 Å². The molecule has 0 atom stereocenters. The van der Waals surface area contributed by atoms with Gasteiger partial charge in [-0.15, -0.1) is 11.3 Å². The van der Waals surface area contributed by atoms with Crippen LogP contribution in [0.5, 0.6) is 0 Å². The van der Waals surface area contributed by atoms with Crippen LogP contribution in [0.1, 0.15) is 18.2 Å². The molecule has 0 aliphatic carbocycles. The number of amides is 2. The molecule has 18 heavy (non-hydrogen) atoms. The highest BCUT2D eigenvalue weighted by atomic mass is 32.1. The Kier molecular flexibility index (Phi) is 4.27. The fraction of sp³-hybridized carbons (Fsp3) is 0.545. The molecule has 1 aliphatic heterocycles. The average molecular weight is 268 g/mol. The topological polar surface area (TPSA) is 74.3 Å². The summed E-state index contributed by atoms with van der Waals surface area (Å²) in [5, 5.41) is 6.29. The maximum Gasteiger partial charge on any atom is 0.246 e. The molecule has 1 fully saturated rings. The van der Waals surface area contributed by atoms with Gasteiger partial charge in [0.25, 0.3) is 0 Å². The van der Waals surface area contributed by atoms with Gasteiger partial charge in [0.05, 0.1) is 0 Å². The second kappa shape index (κ2) is 5.92. The van der Waals surface area contributed by atoms with Gasteiger partial charge in [-0.3, -0.25) is 14.9 Å². The third-order valence-corrected chi connectivity index (χ3v) is 3.54. The number of imide groups is 1. The summed E-state index contributed by atoms with van der Waals surface area (Å²) in [5.41, 5.74) is 0. The molecule has 2 heterocycles. The SMILES string of the molecule is CCCNCc1cnc(N2CC(=O)NC(=O)C2)s1. The Bertz CT molecular complexity index is 430. The van der Waals surface area contributed by atoms with E-state index in [0.717, 1.165) is 29.5 Å². The van der Waals surface area contributed by atoms with Crippen LogP contribution >= 0.6 is 11.3 Å². The third kappa shape index (κ3) is 3.27. The van der Waals surface area contributed by atoms with Gasteiger partial charge in [0.1, 0.15) is 13.1 Å². The third-order valence-electron chi connectivity index (χ3n) is 2.49. The molecule has 2 N–H and O–H groups in total.